The van der Waals surface area contributed by atoms with E-state index in [0.29, 0.717) is 19.1 Å². The highest BCUT2D eigenvalue weighted by Gasteiger charge is 2.31. The summed E-state index contributed by atoms with van der Waals surface area (Å²) in [5, 5.41) is 5.90. The first kappa shape index (κ1) is 16.2. The Morgan fingerprint density at radius 2 is 2.00 bits per heavy atom. The summed E-state index contributed by atoms with van der Waals surface area (Å²) in [7, 11) is 3.56. The Bertz CT molecular complexity index is 369. The third-order valence-corrected chi connectivity index (χ3v) is 4.76. The van der Waals surface area contributed by atoms with Crippen molar-refractivity contribution in [1.82, 2.24) is 20.4 Å². The number of carbonyl (C=O) groups is 2. The molecule has 2 fully saturated rings. The lowest BCUT2D eigenvalue weighted by atomic mass is 9.94. The van der Waals surface area contributed by atoms with Crippen LogP contribution >= 0.6 is 0 Å². The van der Waals surface area contributed by atoms with Gasteiger partial charge in [0.2, 0.25) is 11.8 Å². The molecule has 1 heterocycles. The normalized spacial score (nSPS) is 24.6. The minimum atomic E-state index is -0.243. The molecule has 21 heavy (non-hydrogen) atoms. The van der Waals surface area contributed by atoms with E-state index in [1.807, 2.05) is 16.8 Å². The smallest absolute Gasteiger partial charge is 0.238 e. The van der Waals surface area contributed by atoms with Crippen LogP contribution in [-0.2, 0) is 9.59 Å². The van der Waals surface area contributed by atoms with Gasteiger partial charge in [-0.3, -0.25) is 14.5 Å². The molecule has 6 heteroatoms. The van der Waals surface area contributed by atoms with Gasteiger partial charge in [0, 0.05) is 39.8 Å². The van der Waals surface area contributed by atoms with Gasteiger partial charge in [0.15, 0.2) is 0 Å². The quantitative estimate of drug-likeness (QED) is 0.754. The van der Waals surface area contributed by atoms with Crippen molar-refractivity contribution in [2.75, 3.05) is 40.3 Å². The number of hydrogen-bond acceptors (Lipinski definition) is 4. The molecule has 2 amide bonds. The van der Waals surface area contributed by atoms with E-state index in [1.54, 1.807) is 7.05 Å². The Balaban J connectivity index is 1.91. The average Bonchev–Trinajstić information content (AvgIpc) is 2.54. The van der Waals surface area contributed by atoms with Crippen LogP contribution in [0.25, 0.3) is 0 Å². The van der Waals surface area contributed by atoms with Gasteiger partial charge in [0.1, 0.15) is 6.04 Å². The van der Waals surface area contributed by atoms with Gasteiger partial charge >= 0.3 is 0 Å². The summed E-state index contributed by atoms with van der Waals surface area (Å²) in [6.07, 6.45) is 5.95. The molecule has 0 aromatic heterocycles. The molecular formula is C15H28N4O2. The van der Waals surface area contributed by atoms with Crippen LogP contribution in [0.5, 0.6) is 0 Å². The van der Waals surface area contributed by atoms with Crippen molar-refractivity contribution in [2.45, 2.75) is 44.2 Å². The second-order valence-corrected chi connectivity index (χ2v) is 6.10. The molecule has 2 rings (SSSR count). The first-order valence-corrected chi connectivity index (χ1v) is 8.05. The van der Waals surface area contributed by atoms with Crippen molar-refractivity contribution in [3.05, 3.63) is 0 Å². The SMILES string of the molecule is CNC(=O)C1CNCCN1CC(=O)N(C)C1CCCCC1. The average molecular weight is 296 g/mol. The van der Waals surface area contributed by atoms with Crippen molar-refractivity contribution < 1.29 is 9.59 Å². The molecule has 6 nitrogen and oxygen atoms in total. The fourth-order valence-electron chi connectivity index (χ4n) is 3.32. The largest absolute Gasteiger partial charge is 0.358 e. The molecule has 0 aromatic carbocycles. The van der Waals surface area contributed by atoms with Crippen LogP contribution in [0.1, 0.15) is 32.1 Å². The van der Waals surface area contributed by atoms with E-state index in [-0.39, 0.29) is 17.9 Å². The molecule has 1 atom stereocenters. The third kappa shape index (κ3) is 4.17. The topological polar surface area (TPSA) is 64.7 Å². The molecule has 120 valence electrons. The third-order valence-electron chi connectivity index (χ3n) is 4.76. The van der Waals surface area contributed by atoms with Crippen LogP contribution in [0.3, 0.4) is 0 Å². The van der Waals surface area contributed by atoms with Gasteiger partial charge in [-0.1, -0.05) is 19.3 Å². The van der Waals surface area contributed by atoms with Gasteiger partial charge < -0.3 is 15.5 Å². The van der Waals surface area contributed by atoms with Crippen LogP contribution in [0, 0.1) is 0 Å². The lowest BCUT2D eigenvalue weighted by Crippen LogP contribution is -2.59. The first-order chi connectivity index (χ1) is 10.1. The van der Waals surface area contributed by atoms with Crippen LogP contribution in [0.4, 0.5) is 0 Å². The molecule has 1 aliphatic heterocycles. The van der Waals surface area contributed by atoms with E-state index in [0.717, 1.165) is 25.9 Å². The minimum Gasteiger partial charge on any atom is -0.358 e. The Kier molecular flexibility index (Phi) is 5.99. The molecule has 0 radical (unpaired) electrons. The Labute approximate surface area is 127 Å². The van der Waals surface area contributed by atoms with Gasteiger partial charge in [-0.05, 0) is 12.8 Å². The second kappa shape index (κ2) is 7.75. The lowest BCUT2D eigenvalue weighted by Gasteiger charge is -2.37. The van der Waals surface area contributed by atoms with E-state index < -0.39 is 0 Å². The number of rotatable bonds is 4. The Morgan fingerprint density at radius 3 is 2.67 bits per heavy atom. The highest BCUT2D eigenvalue weighted by Crippen LogP contribution is 2.21. The standard InChI is InChI=1S/C15H28N4O2/c1-16-15(21)13-10-17-8-9-19(13)11-14(20)18(2)12-6-4-3-5-7-12/h12-13,17H,3-11H2,1-2H3,(H,16,21). The van der Waals surface area contributed by atoms with Crippen molar-refractivity contribution >= 4 is 11.8 Å². The molecule has 0 spiro atoms. The van der Waals surface area contributed by atoms with E-state index in [4.69, 9.17) is 0 Å². The zero-order chi connectivity index (χ0) is 15.2. The van der Waals surface area contributed by atoms with E-state index in [2.05, 4.69) is 10.6 Å². The summed E-state index contributed by atoms with van der Waals surface area (Å²) in [4.78, 5) is 28.3. The van der Waals surface area contributed by atoms with Gasteiger partial charge in [-0.2, -0.15) is 0 Å². The van der Waals surface area contributed by atoms with Gasteiger partial charge in [0.05, 0.1) is 6.54 Å². The molecule has 1 saturated heterocycles. The van der Waals surface area contributed by atoms with Crippen LogP contribution in [-0.4, -0.2) is 74.0 Å². The molecule has 2 aliphatic rings. The maximum absolute atomic E-state index is 12.5. The molecule has 0 aromatic rings. The van der Waals surface area contributed by atoms with Crippen molar-refractivity contribution in [2.24, 2.45) is 0 Å². The minimum absolute atomic E-state index is 0.0182. The predicted octanol–water partition coefficient (Wildman–Crippen LogP) is -0.203. The highest BCUT2D eigenvalue weighted by atomic mass is 16.2. The van der Waals surface area contributed by atoms with Crippen LogP contribution in [0.15, 0.2) is 0 Å². The van der Waals surface area contributed by atoms with Gasteiger partial charge in [0.25, 0.3) is 0 Å². The summed E-state index contributed by atoms with van der Waals surface area (Å²) in [5.74, 6) is 0.119. The van der Waals surface area contributed by atoms with Crippen molar-refractivity contribution in [3.8, 4) is 0 Å². The maximum Gasteiger partial charge on any atom is 0.238 e. The summed E-state index contributed by atoms with van der Waals surface area (Å²) < 4.78 is 0. The number of likely N-dealkylation sites (N-methyl/N-ethyl adjacent to an activating group) is 2. The fraction of sp³-hybridized carbons (Fsp3) is 0.867. The van der Waals surface area contributed by atoms with Crippen LogP contribution in [0.2, 0.25) is 0 Å². The molecular weight excluding hydrogens is 268 g/mol. The zero-order valence-corrected chi connectivity index (χ0v) is 13.2. The molecule has 1 saturated carbocycles. The lowest BCUT2D eigenvalue weighted by molar-refractivity contribution is -0.136. The predicted molar refractivity (Wildman–Crippen MR) is 81.9 cm³/mol. The van der Waals surface area contributed by atoms with Gasteiger partial charge in [-0.25, -0.2) is 0 Å². The van der Waals surface area contributed by atoms with E-state index in [1.165, 1.54) is 19.3 Å². The molecule has 0 bridgehead atoms. The number of piperazine rings is 1. The fourth-order valence-corrected chi connectivity index (χ4v) is 3.32. The molecule has 1 aliphatic carbocycles. The zero-order valence-electron chi connectivity index (χ0n) is 13.2. The van der Waals surface area contributed by atoms with Crippen molar-refractivity contribution in [1.29, 1.82) is 0 Å². The monoisotopic (exact) mass is 296 g/mol. The Hall–Kier alpha value is -1.14. The van der Waals surface area contributed by atoms with Gasteiger partial charge in [-0.15, -0.1) is 0 Å². The first-order valence-electron chi connectivity index (χ1n) is 8.05. The molecule has 2 N–H and O–H groups in total. The van der Waals surface area contributed by atoms with E-state index >= 15 is 0 Å². The van der Waals surface area contributed by atoms with Crippen molar-refractivity contribution in [3.63, 3.8) is 0 Å². The summed E-state index contributed by atoms with van der Waals surface area (Å²) in [6.45, 7) is 2.52. The summed E-state index contributed by atoms with van der Waals surface area (Å²) in [6, 6.07) is 0.139. The van der Waals surface area contributed by atoms with Crippen LogP contribution < -0.4 is 10.6 Å². The maximum atomic E-state index is 12.5. The highest BCUT2D eigenvalue weighted by molar-refractivity contribution is 5.84. The summed E-state index contributed by atoms with van der Waals surface area (Å²) in [5.41, 5.74) is 0. The number of nitrogens with zero attached hydrogens (tertiary/aromatic N) is 2. The Morgan fingerprint density at radius 1 is 1.29 bits per heavy atom. The summed E-state index contributed by atoms with van der Waals surface area (Å²) >= 11 is 0. The molecule has 1 unspecified atom stereocenters. The number of nitrogens with one attached hydrogen (secondary N) is 2. The van der Waals surface area contributed by atoms with E-state index in [9.17, 15) is 9.59 Å². The number of amides is 2. The second-order valence-electron chi connectivity index (χ2n) is 6.10. The number of hydrogen-bond donors (Lipinski definition) is 2. The number of carbonyl (C=O) groups excluding carboxylic acids is 2.